The Balaban J connectivity index is 1.50. The van der Waals surface area contributed by atoms with E-state index in [0.29, 0.717) is 25.7 Å². The summed E-state index contributed by atoms with van der Waals surface area (Å²) in [7, 11) is 0. The molecular formula is C25H32ClN3O2S. The minimum absolute atomic E-state index is 0.0109. The number of aryl methyl sites for hydroxylation is 2. The molecule has 3 atom stereocenters. The fraction of sp³-hybridized carbons (Fsp3) is 0.520. The minimum Gasteiger partial charge on any atom is -0.365 e. The Morgan fingerprint density at radius 3 is 2.72 bits per heavy atom. The summed E-state index contributed by atoms with van der Waals surface area (Å²) in [5, 5.41) is 4.84. The summed E-state index contributed by atoms with van der Waals surface area (Å²) in [6.45, 7) is 7.97. The van der Waals surface area contributed by atoms with Gasteiger partial charge >= 0.3 is 0 Å². The van der Waals surface area contributed by atoms with Gasteiger partial charge in [-0.05, 0) is 69.7 Å². The SMILES string of the molecule is CCNC(=O)[C@H]1CN(C2CC=C(c3nc(C)c(C)s3)CC2)[C@@H](Cc2ccc(Cl)cc2)CO1. The summed E-state index contributed by atoms with van der Waals surface area (Å²) in [6.07, 6.45) is 5.91. The van der Waals surface area contributed by atoms with E-state index in [1.165, 1.54) is 21.0 Å². The van der Waals surface area contributed by atoms with Crippen LogP contribution in [0.15, 0.2) is 30.3 Å². The third-order valence-electron chi connectivity index (χ3n) is 6.52. The largest absolute Gasteiger partial charge is 0.365 e. The molecule has 1 aromatic carbocycles. The number of rotatable bonds is 6. The second-order valence-electron chi connectivity index (χ2n) is 8.72. The highest BCUT2D eigenvalue weighted by molar-refractivity contribution is 7.12. The zero-order valence-electron chi connectivity index (χ0n) is 19.1. The number of halogens is 1. The van der Waals surface area contributed by atoms with Crippen molar-refractivity contribution in [3.63, 3.8) is 0 Å². The monoisotopic (exact) mass is 473 g/mol. The van der Waals surface area contributed by atoms with E-state index in [4.69, 9.17) is 21.3 Å². The second kappa shape index (κ2) is 10.5. The number of hydrogen-bond donors (Lipinski definition) is 1. The second-order valence-corrected chi connectivity index (χ2v) is 10.4. The van der Waals surface area contributed by atoms with E-state index in [2.05, 4.69) is 42.3 Å². The van der Waals surface area contributed by atoms with Crippen LogP contribution in [0.25, 0.3) is 5.57 Å². The van der Waals surface area contributed by atoms with Crippen molar-refractivity contribution in [2.75, 3.05) is 19.7 Å². The molecule has 1 aliphatic heterocycles. The number of benzene rings is 1. The van der Waals surface area contributed by atoms with E-state index in [-0.39, 0.29) is 11.9 Å². The van der Waals surface area contributed by atoms with E-state index in [9.17, 15) is 4.79 Å². The van der Waals surface area contributed by atoms with E-state index >= 15 is 0 Å². The number of ether oxygens (including phenoxy) is 1. The summed E-state index contributed by atoms with van der Waals surface area (Å²) < 4.78 is 6.02. The maximum atomic E-state index is 12.5. The normalized spacial score (nSPS) is 24.2. The van der Waals surface area contributed by atoms with E-state index < -0.39 is 6.10 Å². The van der Waals surface area contributed by atoms with Crippen molar-refractivity contribution in [2.45, 2.75) is 64.6 Å². The minimum atomic E-state index is -0.411. The van der Waals surface area contributed by atoms with Gasteiger partial charge in [-0.25, -0.2) is 4.98 Å². The Morgan fingerprint density at radius 2 is 2.09 bits per heavy atom. The van der Waals surface area contributed by atoms with Crippen molar-refractivity contribution in [2.24, 2.45) is 0 Å². The molecule has 32 heavy (non-hydrogen) atoms. The molecule has 1 amide bonds. The van der Waals surface area contributed by atoms with Crippen LogP contribution in [0.1, 0.15) is 47.3 Å². The van der Waals surface area contributed by atoms with Gasteiger partial charge < -0.3 is 10.1 Å². The van der Waals surface area contributed by atoms with E-state index in [1.807, 2.05) is 19.1 Å². The van der Waals surface area contributed by atoms with Crippen LogP contribution < -0.4 is 5.32 Å². The van der Waals surface area contributed by atoms with Crippen LogP contribution in [0, 0.1) is 13.8 Å². The number of allylic oxidation sites excluding steroid dienone is 1. The quantitative estimate of drug-likeness (QED) is 0.654. The number of nitrogens with one attached hydrogen (secondary N) is 1. The molecule has 1 N–H and O–H groups in total. The molecular weight excluding hydrogens is 442 g/mol. The number of hydrogen-bond acceptors (Lipinski definition) is 5. The van der Waals surface area contributed by atoms with Gasteiger partial charge in [-0.3, -0.25) is 9.69 Å². The maximum absolute atomic E-state index is 12.5. The van der Waals surface area contributed by atoms with Crippen molar-refractivity contribution in [1.29, 1.82) is 0 Å². The van der Waals surface area contributed by atoms with Crippen LogP contribution in [0.2, 0.25) is 5.02 Å². The molecule has 1 saturated heterocycles. The van der Waals surface area contributed by atoms with Gasteiger partial charge in [0.05, 0.1) is 12.3 Å². The van der Waals surface area contributed by atoms with Crippen LogP contribution in [-0.4, -0.2) is 53.7 Å². The van der Waals surface area contributed by atoms with Crippen molar-refractivity contribution in [3.05, 3.63) is 56.5 Å². The van der Waals surface area contributed by atoms with Gasteiger partial charge in [0.2, 0.25) is 5.91 Å². The first-order valence-electron chi connectivity index (χ1n) is 11.5. The molecule has 172 valence electrons. The molecule has 0 saturated carbocycles. The van der Waals surface area contributed by atoms with Gasteiger partial charge in [-0.1, -0.05) is 29.8 Å². The number of aromatic nitrogens is 1. The molecule has 2 aromatic rings. The molecule has 1 aromatic heterocycles. The summed E-state index contributed by atoms with van der Waals surface area (Å²) >= 11 is 7.87. The van der Waals surface area contributed by atoms with Crippen LogP contribution >= 0.6 is 22.9 Å². The maximum Gasteiger partial charge on any atom is 0.250 e. The molecule has 0 radical (unpaired) electrons. The molecule has 1 aliphatic carbocycles. The Labute approximate surface area is 199 Å². The first-order chi connectivity index (χ1) is 15.4. The zero-order valence-corrected chi connectivity index (χ0v) is 20.6. The molecule has 0 spiro atoms. The number of carbonyl (C=O) groups is 1. The fourth-order valence-electron chi connectivity index (χ4n) is 4.60. The van der Waals surface area contributed by atoms with E-state index in [1.54, 1.807) is 11.3 Å². The number of nitrogens with zero attached hydrogens (tertiary/aromatic N) is 2. The molecule has 0 bridgehead atoms. The molecule has 2 heterocycles. The molecule has 4 rings (SSSR count). The summed E-state index contributed by atoms with van der Waals surface area (Å²) in [4.78, 5) is 21.1. The van der Waals surface area contributed by atoms with Crippen molar-refractivity contribution in [1.82, 2.24) is 15.2 Å². The van der Waals surface area contributed by atoms with Gasteiger partial charge in [-0.15, -0.1) is 11.3 Å². The number of carbonyl (C=O) groups excluding carboxylic acids is 1. The molecule has 7 heteroatoms. The average Bonchev–Trinajstić information content (AvgIpc) is 3.14. The number of amides is 1. The summed E-state index contributed by atoms with van der Waals surface area (Å²) in [5.41, 5.74) is 3.74. The highest BCUT2D eigenvalue weighted by Crippen LogP contribution is 2.34. The highest BCUT2D eigenvalue weighted by Gasteiger charge is 2.37. The van der Waals surface area contributed by atoms with Crippen molar-refractivity contribution < 1.29 is 9.53 Å². The highest BCUT2D eigenvalue weighted by atomic mass is 35.5. The third-order valence-corrected chi connectivity index (χ3v) is 7.92. The lowest BCUT2D eigenvalue weighted by Gasteiger charge is -2.44. The smallest absolute Gasteiger partial charge is 0.250 e. The Kier molecular flexibility index (Phi) is 7.66. The van der Waals surface area contributed by atoms with Gasteiger partial charge in [0.1, 0.15) is 11.1 Å². The lowest BCUT2D eigenvalue weighted by molar-refractivity contribution is -0.144. The number of likely N-dealkylation sites (N-methyl/N-ethyl adjacent to an activating group) is 1. The standard InChI is InChI=1S/C25H32ClN3O2S/c1-4-27-24(30)23-14-29(22(15-31-23)13-18-5-9-20(26)10-6-18)21-11-7-19(8-12-21)25-28-16(2)17(3)32-25/h5-7,9-10,21-23H,4,8,11-15H2,1-3H3,(H,27,30)/t21?,22-,23+/m0/s1. The molecule has 2 aliphatic rings. The Hall–Kier alpha value is -1.73. The van der Waals surface area contributed by atoms with E-state index in [0.717, 1.165) is 36.4 Å². The zero-order chi connectivity index (χ0) is 22.7. The van der Waals surface area contributed by atoms with Gasteiger partial charge in [0.25, 0.3) is 0 Å². The summed E-state index contributed by atoms with van der Waals surface area (Å²) in [6, 6.07) is 8.70. The number of thiazole rings is 1. The lowest BCUT2D eigenvalue weighted by atomic mass is 9.91. The van der Waals surface area contributed by atoms with Crippen molar-refractivity contribution in [3.8, 4) is 0 Å². The van der Waals surface area contributed by atoms with Gasteiger partial charge in [0, 0.05) is 35.1 Å². The predicted molar refractivity (Wildman–Crippen MR) is 131 cm³/mol. The average molecular weight is 474 g/mol. The van der Waals surface area contributed by atoms with Gasteiger partial charge in [0.15, 0.2) is 0 Å². The first kappa shape index (κ1) is 23.4. The fourth-order valence-corrected chi connectivity index (χ4v) is 5.71. The lowest BCUT2D eigenvalue weighted by Crippen LogP contribution is -2.58. The van der Waals surface area contributed by atoms with Crippen LogP contribution in [0.4, 0.5) is 0 Å². The van der Waals surface area contributed by atoms with Gasteiger partial charge in [-0.2, -0.15) is 0 Å². The molecule has 1 fully saturated rings. The molecule has 1 unspecified atom stereocenters. The molecule has 5 nitrogen and oxygen atoms in total. The van der Waals surface area contributed by atoms with Crippen LogP contribution in [0.3, 0.4) is 0 Å². The Morgan fingerprint density at radius 1 is 1.31 bits per heavy atom. The predicted octanol–water partition coefficient (Wildman–Crippen LogP) is 4.80. The first-order valence-corrected chi connectivity index (χ1v) is 12.7. The summed E-state index contributed by atoms with van der Waals surface area (Å²) in [5.74, 6) is -0.0109. The van der Waals surface area contributed by atoms with Crippen molar-refractivity contribution >= 4 is 34.4 Å². The van der Waals surface area contributed by atoms with Crippen LogP contribution in [-0.2, 0) is 16.0 Å². The third kappa shape index (κ3) is 5.42. The number of morpholine rings is 1. The Bertz CT molecular complexity index is 953. The van der Waals surface area contributed by atoms with Crippen LogP contribution in [0.5, 0.6) is 0 Å². The topological polar surface area (TPSA) is 54.5 Å².